The van der Waals surface area contributed by atoms with E-state index in [1.54, 1.807) is 0 Å². The summed E-state index contributed by atoms with van der Waals surface area (Å²) in [6, 6.07) is 18.1. The first-order valence-electron chi connectivity index (χ1n) is 4.92. The summed E-state index contributed by atoms with van der Waals surface area (Å²) in [6.45, 7) is 0. The topological polar surface area (TPSA) is 17.1 Å². The van der Waals surface area contributed by atoms with E-state index < -0.39 is 0 Å². The molecule has 79 valence electrons. The van der Waals surface area contributed by atoms with Crippen molar-refractivity contribution < 1.29 is 20.4 Å². The molecule has 1 nitrogen and oxygen atoms in total. The van der Waals surface area contributed by atoms with E-state index in [1.807, 2.05) is 6.07 Å². The zero-order valence-electron chi connectivity index (χ0n) is 8.53. The van der Waals surface area contributed by atoms with E-state index in [1.165, 1.54) is 27.0 Å². The zero-order chi connectivity index (χ0) is 11.4. The van der Waals surface area contributed by atoms with Crippen LogP contribution in [0.4, 0.5) is 0 Å². The van der Waals surface area contributed by atoms with Crippen LogP contribution in [0.15, 0.2) is 42.5 Å². The summed E-state index contributed by atoms with van der Waals surface area (Å²) in [6.07, 6.45) is 1.05. The second kappa shape index (κ2) is 5.05. The van der Waals surface area contributed by atoms with Crippen molar-refractivity contribution in [1.82, 2.24) is 0 Å². The second-order valence-corrected chi connectivity index (χ2v) is 3.71. The SMILES string of the molecule is O=[C]=[Mn].[c-]1cccc2c1Cc1ccccc1-2. The molecule has 0 saturated heterocycles. The van der Waals surface area contributed by atoms with E-state index in [-0.39, 0.29) is 0 Å². The van der Waals surface area contributed by atoms with Gasteiger partial charge in [0.1, 0.15) is 0 Å². The van der Waals surface area contributed by atoms with Crippen molar-refractivity contribution in [3.63, 3.8) is 0 Å². The molecule has 0 spiro atoms. The molecule has 0 unspecified atom stereocenters. The molecule has 2 aromatic rings. The second-order valence-electron chi connectivity index (χ2n) is 3.47. The average Bonchev–Trinajstić information content (AvgIpc) is 2.68. The molecular formula is C14H9MnO-. The minimum absolute atomic E-state index is 1.05. The minimum atomic E-state index is 1.05. The molecule has 0 saturated carbocycles. The molecule has 0 aliphatic heterocycles. The third-order valence-electron chi connectivity index (χ3n) is 2.62. The molecule has 0 radical (unpaired) electrons. The van der Waals surface area contributed by atoms with E-state index in [0.29, 0.717) is 0 Å². The number of fused-ring (bicyclic) bond motifs is 3. The fraction of sp³-hybridized carbons (Fsp3) is 0.0714. The molecular weight excluding hydrogens is 239 g/mol. The molecule has 0 fully saturated rings. The van der Waals surface area contributed by atoms with Crippen LogP contribution in [0, 0.1) is 6.07 Å². The molecule has 0 N–H and O–H groups in total. The van der Waals surface area contributed by atoms with E-state index in [2.05, 4.69) is 58.0 Å². The Kier molecular flexibility index (Phi) is 3.48. The summed E-state index contributed by atoms with van der Waals surface area (Å²) in [4.78, 5) is 9.91. The molecule has 16 heavy (non-hydrogen) atoms. The van der Waals surface area contributed by atoms with Gasteiger partial charge in [0.05, 0.1) is 0 Å². The number of rotatable bonds is 0. The summed E-state index contributed by atoms with van der Waals surface area (Å²) in [5.41, 5.74) is 5.51. The third kappa shape index (κ3) is 2.05. The van der Waals surface area contributed by atoms with Crippen LogP contribution in [0.25, 0.3) is 11.1 Å². The molecule has 1 aliphatic rings. The van der Waals surface area contributed by atoms with Crippen molar-refractivity contribution >= 4 is 4.79 Å². The average molecular weight is 248 g/mol. The van der Waals surface area contributed by atoms with Gasteiger partial charge in [0.15, 0.2) is 0 Å². The number of hydrogen-bond donors (Lipinski definition) is 0. The first-order chi connectivity index (χ1) is 7.86. The van der Waals surface area contributed by atoms with Crippen LogP contribution in [0.5, 0.6) is 0 Å². The van der Waals surface area contributed by atoms with E-state index in [0.717, 1.165) is 6.42 Å². The van der Waals surface area contributed by atoms with E-state index in [4.69, 9.17) is 4.79 Å². The van der Waals surface area contributed by atoms with Gasteiger partial charge in [-0.05, 0) is 6.42 Å². The van der Waals surface area contributed by atoms with E-state index >= 15 is 0 Å². The Labute approximate surface area is 102 Å². The van der Waals surface area contributed by atoms with Crippen molar-refractivity contribution in [2.45, 2.75) is 6.42 Å². The Bertz CT molecular complexity index is 496. The Morgan fingerprint density at radius 3 is 2.62 bits per heavy atom. The fourth-order valence-corrected chi connectivity index (χ4v) is 2.00. The first kappa shape index (κ1) is 11.0. The predicted molar refractivity (Wildman–Crippen MR) is 59.2 cm³/mol. The van der Waals surface area contributed by atoms with Gasteiger partial charge in [-0.15, -0.1) is 5.56 Å². The molecule has 2 heteroatoms. The van der Waals surface area contributed by atoms with Gasteiger partial charge in [0.25, 0.3) is 0 Å². The van der Waals surface area contributed by atoms with Crippen molar-refractivity contribution in [3.8, 4) is 11.1 Å². The molecule has 0 heterocycles. The summed E-state index contributed by atoms with van der Waals surface area (Å²) >= 11 is 2.34. The van der Waals surface area contributed by atoms with Crippen LogP contribution >= 0.6 is 0 Å². The summed E-state index contributed by atoms with van der Waals surface area (Å²) in [5, 5.41) is 0. The first-order valence-corrected chi connectivity index (χ1v) is 5.51. The third-order valence-corrected chi connectivity index (χ3v) is 2.62. The normalized spacial score (nSPS) is 10.5. The van der Waals surface area contributed by atoms with Crippen molar-refractivity contribution in [2.75, 3.05) is 0 Å². The van der Waals surface area contributed by atoms with Gasteiger partial charge in [0, 0.05) is 0 Å². The smallest absolute Gasteiger partial charge is 0.0253 e. The maximum absolute atomic E-state index is 8.60. The van der Waals surface area contributed by atoms with Crippen molar-refractivity contribution in [1.29, 1.82) is 0 Å². The molecule has 0 aromatic heterocycles. The van der Waals surface area contributed by atoms with Gasteiger partial charge >= 0.3 is 25.2 Å². The van der Waals surface area contributed by atoms with Gasteiger partial charge in [-0.25, -0.2) is 0 Å². The Balaban J connectivity index is 0.000000292. The fourth-order valence-electron chi connectivity index (χ4n) is 2.00. The van der Waals surface area contributed by atoms with Gasteiger partial charge < -0.3 is 0 Å². The summed E-state index contributed by atoms with van der Waals surface area (Å²) < 4.78 is 0. The van der Waals surface area contributed by atoms with Crippen LogP contribution in [0.1, 0.15) is 11.1 Å². The molecule has 0 bridgehead atoms. The quantitative estimate of drug-likeness (QED) is 0.441. The van der Waals surface area contributed by atoms with Crippen LogP contribution in [0.3, 0.4) is 0 Å². The largest absolute Gasteiger partial charge is 0.179 e. The molecule has 3 rings (SSSR count). The van der Waals surface area contributed by atoms with Gasteiger partial charge in [0.2, 0.25) is 0 Å². The molecule has 2 aromatic carbocycles. The van der Waals surface area contributed by atoms with Crippen LogP contribution < -0.4 is 0 Å². The van der Waals surface area contributed by atoms with Gasteiger partial charge in [-0.2, -0.15) is 29.8 Å². The Morgan fingerprint density at radius 2 is 1.81 bits per heavy atom. The number of carbonyl (C=O) groups excluding carboxylic acids is 1. The number of benzene rings is 2. The maximum atomic E-state index is 8.60. The molecule has 1 aliphatic carbocycles. The van der Waals surface area contributed by atoms with Crippen LogP contribution in [-0.2, 0) is 26.8 Å². The van der Waals surface area contributed by atoms with Gasteiger partial charge in [-0.1, -0.05) is 35.4 Å². The maximum Gasteiger partial charge on any atom is -0.0253 e. The Hall–Kier alpha value is -1.46. The van der Waals surface area contributed by atoms with Crippen LogP contribution in [-0.4, -0.2) is 4.79 Å². The zero-order valence-corrected chi connectivity index (χ0v) is 9.72. The van der Waals surface area contributed by atoms with Crippen LogP contribution in [0.2, 0.25) is 0 Å². The van der Waals surface area contributed by atoms with Gasteiger partial charge in [-0.3, -0.25) is 0 Å². The van der Waals surface area contributed by atoms with Crippen molar-refractivity contribution in [3.05, 3.63) is 59.7 Å². The van der Waals surface area contributed by atoms with E-state index in [9.17, 15) is 0 Å². The van der Waals surface area contributed by atoms with Crippen molar-refractivity contribution in [2.24, 2.45) is 0 Å². The number of hydrogen-bond acceptors (Lipinski definition) is 1. The summed E-state index contributed by atoms with van der Waals surface area (Å²) in [5.74, 6) is 0. The standard InChI is InChI=1S/C13H9.CO.Mn/c1-3-7-12-10(5-1)9-11-6-2-4-8-13(11)12;1-2;/h1-5,7-8H,9H2;;/q-1;;. The predicted octanol–water partition coefficient (Wildman–Crippen LogP) is 2.66. The summed E-state index contributed by atoms with van der Waals surface area (Å²) in [7, 11) is 0. The Morgan fingerprint density at radius 1 is 1.12 bits per heavy atom. The molecule has 0 atom stereocenters. The minimum Gasteiger partial charge on any atom is -0.179 e. The molecule has 0 amide bonds. The monoisotopic (exact) mass is 248 g/mol.